The zero-order chi connectivity index (χ0) is 13.9. The molecular weight excluding hydrogens is 340 g/mol. The van der Waals surface area contributed by atoms with Gasteiger partial charge in [0.05, 0.1) is 11.9 Å². The molecule has 7 heteroatoms. The Morgan fingerprint density at radius 3 is 3.10 bits per heavy atom. The smallest absolute Gasteiger partial charge is 0.152 e. The molecule has 0 fully saturated rings. The second-order valence-electron chi connectivity index (χ2n) is 4.13. The second kappa shape index (κ2) is 5.72. The summed E-state index contributed by atoms with van der Waals surface area (Å²) in [6.07, 6.45) is 5.46. The lowest BCUT2D eigenvalue weighted by Crippen LogP contribution is -1.97. The summed E-state index contributed by atoms with van der Waals surface area (Å²) in [4.78, 5) is 8.65. The number of aryl methyl sites for hydroxylation is 1. The molecule has 0 aliphatic carbocycles. The summed E-state index contributed by atoms with van der Waals surface area (Å²) < 4.78 is 8.15. The van der Waals surface area contributed by atoms with Crippen LogP contribution in [0.5, 0.6) is 5.75 Å². The van der Waals surface area contributed by atoms with Gasteiger partial charge in [-0.3, -0.25) is 4.68 Å². The lowest BCUT2D eigenvalue weighted by molar-refractivity contribution is 0.299. The van der Waals surface area contributed by atoms with E-state index in [9.17, 15) is 0 Å². The van der Waals surface area contributed by atoms with Crippen LogP contribution in [0.4, 0.5) is 0 Å². The van der Waals surface area contributed by atoms with Crippen LogP contribution in [0.1, 0.15) is 5.69 Å². The van der Waals surface area contributed by atoms with Crippen molar-refractivity contribution in [3.63, 3.8) is 0 Å². The van der Waals surface area contributed by atoms with Gasteiger partial charge in [-0.05, 0) is 28.1 Å². The van der Waals surface area contributed by atoms with E-state index >= 15 is 0 Å². The Balaban J connectivity index is 1.70. The third-order valence-electron chi connectivity index (χ3n) is 2.60. The van der Waals surface area contributed by atoms with Crippen LogP contribution >= 0.6 is 27.3 Å². The van der Waals surface area contributed by atoms with Crippen molar-refractivity contribution in [1.29, 1.82) is 0 Å². The SMILES string of the molecule is Cn1cc(-c2nc(COc3cccnc3Br)cs2)cn1. The average molecular weight is 351 g/mol. The number of hydrogen-bond donors (Lipinski definition) is 0. The van der Waals surface area contributed by atoms with Crippen LogP contribution in [-0.4, -0.2) is 19.7 Å². The van der Waals surface area contributed by atoms with Gasteiger partial charge in [0.1, 0.15) is 16.2 Å². The first-order chi connectivity index (χ1) is 9.72. The van der Waals surface area contributed by atoms with Gasteiger partial charge in [-0.15, -0.1) is 11.3 Å². The Bertz CT molecular complexity index is 724. The summed E-state index contributed by atoms with van der Waals surface area (Å²) in [5.74, 6) is 0.712. The van der Waals surface area contributed by atoms with Crippen molar-refractivity contribution in [1.82, 2.24) is 19.7 Å². The lowest BCUT2D eigenvalue weighted by Gasteiger charge is -2.04. The molecule has 20 heavy (non-hydrogen) atoms. The summed E-state index contributed by atoms with van der Waals surface area (Å²) in [7, 11) is 1.89. The largest absolute Gasteiger partial charge is 0.484 e. The number of thiazole rings is 1. The molecular formula is C13H11BrN4OS. The van der Waals surface area contributed by atoms with Crippen LogP contribution in [0.15, 0.2) is 40.7 Å². The first-order valence-electron chi connectivity index (χ1n) is 5.89. The minimum Gasteiger partial charge on any atom is -0.484 e. The van der Waals surface area contributed by atoms with Crippen molar-refractivity contribution < 1.29 is 4.74 Å². The normalized spacial score (nSPS) is 10.7. The van der Waals surface area contributed by atoms with E-state index in [2.05, 4.69) is 31.0 Å². The minimum absolute atomic E-state index is 0.418. The molecule has 3 heterocycles. The first kappa shape index (κ1) is 13.3. The number of aromatic nitrogens is 4. The minimum atomic E-state index is 0.418. The standard InChI is InChI=1S/C13H11BrN4OS/c1-18-6-9(5-16-18)13-17-10(8-20-13)7-19-11-3-2-4-15-12(11)14/h2-6,8H,7H2,1H3. The second-order valence-corrected chi connectivity index (χ2v) is 5.74. The summed E-state index contributed by atoms with van der Waals surface area (Å²) in [6.45, 7) is 0.418. The maximum atomic E-state index is 5.69. The fourth-order valence-corrected chi connectivity index (χ4v) is 2.81. The van der Waals surface area contributed by atoms with Gasteiger partial charge in [-0.2, -0.15) is 5.10 Å². The van der Waals surface area contributed by atoms with Crippen molar-refractivity contribution in [2.75, 3.05) is 0 Å². The van der Waals surface area contributed by atoms with Gasteiger partial charge in [0, 0.05) is 30.4 Å². The first-order valence-corrected chi connectivity index (χ1v) is 7.56. The van der Waals surface area contributed by atoms with Gasteiger partial charge >= 0.3 is 0 Å². The molecule has 0 bridgehead atoms. The summed E-state index contributed by atoms with van der Waals surface area (Å²) in [5.41, 5.74) is 1.91. The molecule has 0 atom stereocenters. The monoisotopic (exact) mass is 350 g/mol. The van der Waals surface area contributed by atoms with E-state index in [4.69, 9.17) is 4.74 Å². The zero-order valence-electron chi connectivity index (χ0n) is 10.7. The van der Waals surface area contributed by atoms with E-state index in [0.717, 1.165) is 16.3 Å². The van der Waals surface area contributed by atoms with Gasteiger partial charge in [0.25, 0.3) is 0 Å². The number of rotatable bonds is 4. The van der Waals surface area contributed by atoms with Gasteiger partial charge in [0.2, 0.25) is 0 Å². The van der Waals surface area contributed by atoms with E-state index in [0.29, 0.717) is 17.0 Å². The van der Waals surface area contributed by atoms with Crippen molar-refractivity contribution in [3.05, 3.63) is 46.4 Å². The summed E-state index contributed by atoms with van der Waals surface area (Å²) in [6, 6.07) is 3.70. The highest BCUT2D eigenvalue weighted by molar-refractivity contribution is 9.10. The molecule has 3 rings (SSSR count). The molecule has 0 aromatic carbocycles. The van der Waals surface area contributed by atoms with Crippen LogP contribution in [0.3, 0.4) is 0 Å². The average Bonchev–Trinajstić information content (AvgIpc) is 3.06. The van der Waals surface area contributed by atoms with Gasteiger partial charge in [-0.25, -0.2) is 9.97 Å². The van der Waals surface area contributed by atoms with E-state index in [-0.39, 0.29) is 0 Å². The molecule has 0 aliphatic heterocycles. The predicted octanol–water partition coefficient (Wildman–Crippen LogP) is 3.28. The van der Waals surface area contributed by atoms with Crippen LogP contribution in [0, 0.1) is 0 Å². The maximum absolute atomic E-state index is 5.69. The molecule has 0 saturated carbocycles. The molecule has 0 saturated heterocycles. The third-order valence-corrected chi connectivity index (χ3v) is 4.14. The topological polar surface area (TPSA) is 52.8 Å². The summed E-state index contributed by atoms with van der Waals surface area (Å²) in [5, 5.41) is 7.08. The molecule has 0 aliphatic rings. The quantitative estimate of drug-likeness (QED) is 0.677. The van der Waals surface area contributed by atoms with Crippen LogP contribution < -0.4 is 4.74 Å². The van der Waals surface area contributed by atoms with E-state index < -0.39 is 0 Å². The Labute approximate surface area is 128 Å². The van der Waals surface area contributed by atoms with Crippen LogP contribution in [-0.2, 0) is 13.7 Å². The third kappa shape index (κ3) is 2.88. The Hall–Kier alpha value is -1.73. The Morgan fingerprint density at radius 1 is 1.45 bits per heavy atom. The van der Waals surface area contributed by atoms with E-state index in [1.807, 2.05) is 30.8 Å². The molecule has 5 nitrogen and oxygen atoms in total. The molecule has 102 valence electrons. The molecule has 0 unspecified atom stereocenters. The molecule has 3 aromatic heterocycles. The van der Waals surface area contributed by atoms with Gasteiger partial charge in [0.15, 0.2) is 5.75 Å². The Kier molecular flexibility index (Phi) is 3.79. The van der Waals surface area contributed by atoms with Crippen molar-refractivity contribution >= 4 is 27.3 Å². The highest BCUT2D eigenvalue weighted by Crippen LogP contribution is 2.25. The zero-order valence-corrected chi connectivity index (χ0v) is 13.1. The number of ether oxygens (including phenoxy) is 1. The summed E-state index contributed by atoms with van der Waals surface area (Å²) >= 11 is 4.93. The fourth-order valence-electron chi connectivity index (χ4n) is 1.67. The van der Waals surface area contributed by atoms with Crippen molar-refractivity contribution in [3.8, 4) is 16.3 Å². The lowest BCUT2D eigenvalue weighted by atomic mass is 10.4. The number of nitrogens with zero attached hydrogens (tertiary/aromatic N) is 4. The van der Waals surface area contributed by atoms with Crippen LogP contribution in [0.25, 0.3) is 10.6 Å². The van der Waals surface area contributed by atoms with Crippen molar-refractivity contribution in [2.24, 2.45) is 7.05 Å². The number of hydrogen-bond acceptors (Lipinski definition) is 5. The van der Waals surface area contributed by atoms with E-state index in [1.165, 1.54) is 0 Å². The highest BCUT2D eigenvalue weighted by atomic mass is 79.9. The molecule has 0 N–H and O–H groups in total. The number of pyridine rings is 1. The Morgan fingerprint density at radius 2 is 2.35 bits per heavy atom. The fraction of sp³-hybridized carbons (Fsp3) is 0.154. The van der Waals surface area contributed by atoms with Crippen molar-refractivity contribution in [2.45, 2.75) is 6.61 Å². The van der Waals surface area contributed by atoms with E-state index in [1.54, 1.807) is 28.4 Å². The molecule has 3 aromatic rings. The highest BCUT2D eigenvalue weighted by Gasteiger charge is 2.08. The van der Waals surface area contributed by atoms with Gasteiger partial charge in [-0.1, -0.05) is 0 Å². The molecule has 0 spiro atoms. The predicted molar refractivity (Wildman–Crippen MR) is 80.6 cm³/mol. The molecule has 0 amide bonds. The van der Waals surface area contributed by atoms with Gasteiger partial charge < -0.3 is 4.74 Å². The maximum Gasteiger partial charge on any atom is 0.152 e. The molecule has 0 radical (unpaired) electrons. The van der Waals surface area contributed by atoms with Crippen LogP contribution in [0.2, 0.25) is 0 Å². The number of halogens is 1.